The predicted octanol–water partition coefficient (Wildman–Crippen LogP) is 4.28. The molecule has 0 unspecified atom stereocenters. The Morgan fingerprint density at radius 3 is 2.59 bits per heavy atom. The van der Waals surface area contributed by atoms with Crippen molar-refractivity contribution in [1.82, 2.24) is 5.16 Å². The molecular formula is C21H15NO5. The highest BCUT2D eigenvalue weighted by atomic mass is 16.5. The van der Waals surface area contributed by atoms with E-state index in [2.05, 4.69) is 5.16 Å². The number of aryl methyl sites for hydroxylation is 2. The molecule has 0 saturated carbocycles. The highest BCUT2D eigenvalue weighted by Gasteiger charge is 2.23. The average Bonchev–Trinajstić information content (AvgIpc) is 3.03. The Morgan fingerprint density at radius 1 is 1.04 bits per heavy atom. The molecule has 0 bridgehead atoms. The lowest BCUT2D eigenvalue weighted by atomic mass is 10.1. The molecule has 134 valence electrons. The summed E-state index contributed by atoms with van der Waals surface area (Å²) < 4.78 is 15.9. The second-order valence-corrected chi connectivity index (χ2v) is 6.12. The molecular weight excluding hydrogens is 346 g/mol. The van der Waals surface area contributed by atoms with Crippen molar-refractivity contribution < 1.29 is 18.5 Å². The molecule has 0 amide bonds. The molecule has 4 rings (SSSR count). The summed E-state index contributed by atoms with van der Waals surface area (Å²) in [4.78, 5) is 24.3. The average molecular weight is 361 g/mol. The van der Waals surface area contributed by atoms with Crippen LogP contribution in [0.25, 0.3) is 22.2 Å². The van der Waals surface area contributed by atoms with Crippen LogP contribution in [0.4, 0.5) is 0 Å². The second kappa shape index (κ2) is 6.57. The van der Waals surface area contributed by atoms with Gasteiger partial charge in [0.05, 0.1) is 0 Å². The number of benzene rings is 2. The number of ether oxygens (including phenoxy) is 1. The monoisotopic (exact) mass is 361 g/mol. The van der Waals surface area contributed by atoms with E-state index in [0.29, 0.717) is 17.0 Å². The Balaban J connectivity index is 1.70. The van der Waals surface area contributed by atoms with Crippen molar-refractivity contribution in [1.29, 1.82) is 0 Å². The maximum Gasteiger partial charge on any atom is 0.349 e. The van der Waals surface area contributed by atoms with Crippen molar-refractivity contribution in [2.24, 2.45) is 0 Å². The zero-order valence-corrected chi connectivity index (χ0v) is 14.7. The summed E-state index contributed by atoms with van der Waals surface area (Å²) in [5.74, 6) is 0.0323. The Bertz CT molecular complexity index is 1200. The highest BCUT2D eigenvalue weighted by molar-refractivity contribution is 5.98. The van der Waals surface area contributed by atoms with Crippen LogP contribution in [0.2, 0.25) is 0 Å². The minimum Gasteiger partial charge on any atom is -0.423 e. The molecule has 2 heterocycles. The van der Waals surface area contributed by atoms with Gasteiger partial charge in [0.1, 0.15) is 28.4 Å². The molecule has 0 radical (unpaired) electrons. The third kappa shape index (κ3) is 3.13. The summed E-state index contributed by atoms with van der Waals surface area (Å²) >= 11 is 0. The summed E-state index contributed by atoms with van der Waals surface area (Å²) in [6, 6.07) is 15.6. The molecule has 0 fully saturated rings. The first-order valence-electron chi connectivity index (χ1n) is 8.31. The van der Waals surface area contributed by atoms with Gasteiger partial charge in [0.15, 0.2) is 0 Å². The van der Waals surface area contributed by atoms with Gasteiger partial charge in [-0.3, -0.25) is 0 Å². The molecule has 0 aliphatic rings. The van der Waals surface area contributed by atoms with Crippen LogP contribution in [0.15, 0.2) is 68.3 Å². The molecule has 2 aromatic carbocycles. The van der Waals surface area contributed by atoms with Crippen LogP contribution in [0.1, 0.15) is 21.7 Å². The first-order valence-corrected chi connectivity index (χ1v) is 8.31. The van der Waals surface area contributed by atoms with E-state index in [1.54, 1.807) is 19.1 Å². The molecule has 0 atom stereocenters. The largest absolute Gasteiger partial charge is 0.423 e. The summed E-state index contributed by atoms with van der Waals surface area (Å²) in [6.07, 6.45) is 0. The Hall–Kier alpha value is -3.67. The van der Waals surface area contributed by atoms with Crippen molar-refractivity contribution >= 4 is 16.9 Å². The first kappa shape index (κ1) is 16.8. The second-order valence-electron chi connectivity index (χ2n) is 6.12. The third-order valence-corrected chi connectivity index (χ3v) is 4.25. The number of aromatic nitrogens is 1. The van der Waals surface area contributed by atoms with Gasteiger partial charge in [0, 0.05) is 23.1 Å². The number of rotatable bonds is 3. The molecule has 0 N–H and O–H groups in total. The fraction of sp³-hybridized carbons (Fsp3) is 0.0952. The molecule has 0 spiro atoms. The van der Waals surface area contributed by atoms with E-state index in [1.807, 2.05) is 37.3 Å². The van der Waals surface area contributed by atoms with Crippen molar-refractivity contribution in [2.45, 2.75) is 13.8 Å². The SMILES string of the molecule is Cc1onc(-c2ccccc2)c1C(=O)Oc1ccc2c(C)cc(=O)oc2c1. The van der Waals surface area contributed by atoms with Crippen molar-refractivity contribution in [3.05, 3.63) is 81.9 Å². The van der Waals surface area contributed by atoms with Crippen molar-refractivity contribution in [2.75, 3.05) is 0 Å². The van der Waals surface area contributed by atoms with Crippen LogP contribution in [-0.4, -0.2) is 11.1 Å². The van der Waals surface area contributed by atoms with E-state index >= 15 is 0 Å². The van der Waals surface area contributed by atoms with E-state index < -0.39 is 11.6 Å². The maximum atomic E-state index is 12.7. The van der Waals surface area contributed by atoms with Gasteiger partial charge in [0.25, 0.3) is 0 Å². The van der Waals surface area contributed by atoms with Crippen molar-refractivity contribution in [3.8, 4) is 17.0 Å². The van der Waals surface area contributed by atoms with Gasteiger partial charge < -0.3 is 13.7 Å². The van der Waals surface area contributed by atoms with Gasteiger partial charge >= 0.3 is 11.6 Å². The topological polar surface area (TPSA) is 82.5 Å². The fourth-order valence-corrected chi connectivity index (χ4v) is 2.93. The summed E-state index contributed by atoms with van der Waals surface area (Å²) in [5.41, 5.74) is 2.12. The van der Waals surface area contributed by atoms with Crippen LogP contribution in [0.5, 0.6) is 5.75 Å². The lowest BCUT2D eigenvalue weighted by molar-refractivity contribution is 0.0734. The van der Waals surface area contributed by atoms with Gasteiger partial charge in [0.2, 0.25) is 0 Å². The Morgan fingerprint density at radius 2 is 1.81 bits per heavy atom. The summed E-state index contributed by atoms with van der Waals surface area (Å²) in [6.45, 7) is 3.47. The zero-order chi connectivity index (χ0) is 19.0. The van der Waals surface area contributed by atoms with Gasteiger partial charge in [-0.25, -0.2) is 9.59 Å². The molecule has 0 aliphatic heterocycles. The molecule has 6 heteroatoms. The van der Waals surface area contributed by atoms with E-state index in [-0.39, 0.29) is 11.3 Å². The van der Waals surface area contributed by atoms with E-state index in [0.717, 1.165) is 16.5 Å². The van der Waals surface area contributed by atoms with Crippen LogP contribution in [-0.2, 0) is 0 Å². The number of carbonyl (C=O) groups excluding carboxylic acids is 1. The summed E-state index contributed by atoms with van der Waals surface area (Å²) in [7, 11) is 0. The van der Waals surface area contributed by atoms with Gasteiger partial charge in [-0.2, -0.15) is 0 Å². The maximum absolute atomic E-state index is 12.7. The molecule has 0 saturated heterocycles. The molecule has 6 nitrogen and oxygen atoms in total. The van der Waals surface area contributed by atoms with Crippen LogP contribution in [0.3, 0.4) is 0 Å². The minimum atomic E-state index is -0.595. The standard InChI is InChI=1S/C21H15NO5/c1-12-10-18(23)26-17-11-15(8-9-16(12)17)25-21(24)19-13(2)27-22-20(19)14-6-4-3-5-7-14/h3-11H,1-2H3. The Kier molecular flexibility index (Phi) is 4.08. The normalized spacial score (nSPS) is 10.9. The van der Waals surface area contributed by atoms with Crippen molar-refractivity contribution in [3.63, 3.8) is 0 Å². The van der Waals surface area contributed by atoms with Gasteiger partial charge in [-0.15, -0.1) is 0 Å². The van der Waals surface area contributed by atoms with Gasteiger partial charge in [-0.1, -0.05) is 35.5 Å². The number of fused-ring (bicyclic) bond motifs is 1. The number of hydrogen-bond acceptors (Lipinski definition) is 6. The van der Waals surface area contributed by atoms with E-state index in [9.17, 15) is 9.59 Å². The predicted molar refractivity (Wildman–Crippen MR) is 98.9 cm³/mol. The molecule has 2 aromatic heterocycles. The number of hydrogen-bond donors (Lipinski definition) is 0. The first-order chi connectivity index (χ1) is 13.0. The molecule has 27 heavy (non-hydrogen) atoms. The minimum absolute atomic E-state index is 0.256. The lowest BCUT2D eigenvalue weighted by Crippen LogP contribution is -2.10. The zero-order valence-electron chi connectivity index (χ0n) is 14.7. The fourth-order valence-electron chi connectivity index (χ4n) is 2.93. The van der Waals surface area contributed by atoms with Crippen LogP contribution in [0, 0.1) is 13.8 Å². The summed E-state index contributed by atoms with van der Waals surface area (Å²) in [5, 5.41) is 4.76. The van der Waals surface area contributed by atoms with Crippen LogP contribution < -0.4 is 10.4 Å². The lowest BCUT2D eigenvalue weighted by Gasteiger charge is -2.06. The number of nitrogens with zero attached hydrogens (tertiary/aromatic N) is 1. The molecule has 0 aliphatic carbocycles. The number of carbonyl (C=O) groups is 1. The van der Waals surface area contributed by atoms with E-state index in [4.69, 9.17) is 13.7 Å². The Labute approximate surface area is 154 Å². The van der Waals surface area contributed by atoms with Crippen LogP contribution >= 0.6 is 0 Å². The van der Waals surface area contributed by atoms with Gasteiger partial charge in [-0.05, 0) is 31.5 Å². The molecule has 4 aromatic rings. The quantitative estimate of drug-likeness (QED) is 0.308. The smallest absolute Gasteiger partial charge is 0.349 e. The highest BCUT2D eigenvalue weighted by Crippen LogP contribution is 2.28. The third-order valence-electron chi connectivity index (χ3n) is 4.25. The number of esters is 1. The van der Waals surface area contributed by atoms with E-state index in [1.165, 1.54) is 12.1 Å².